The monoisotopic (exact) mass is 506 g/mol. The molecule has 2 aliphatic heterocycles. The minimum atomic E-state index is 0. The first-order valence-corrected chi connectivity index (χ1v) is 11.0. The van der Waals surface area contributed by atoms with Gasteiger partial charge < -0.3 is 15.0 Å². The molecule has 154 valence electrons. The Morgan fingerprint density at radius 1 is 1.30 bits per heavy atom. The average molecular weight is 506 g/mol. The van der Waals surface area contributed by atoms with Gasteiger partial charge in [0.1, 0.15) is 0 Å². The molecular weight excluding hydrogens is 471 g/mol. The molecule has 3 heterocycles. The SMILES string of the molecule is CCOC1CCN(C(=NC)NCC2CCCN(Cc3cccs3)C2)CC1.I. The Labute approximate surface area is 185 Å². The summed E-state index contributed by atoms with van der Waals surface area (Å²) in [5, 5.41) is 5.82. The number of guanidine groups is 1. The molecule has 2 saturated heterocycles. The molecular formula is C20H35IN4OS. The van der Waals surface area contributed by atoms with Gasteiger partial charge in [-0.15, -0.1) is 35.3 Å². The molecule has 0 bridgehead atoms. The molecule has 2 aliphatic rings. The number of likely N-dealkylation sites (tertiary alicyclic amines) is 2. The van der Waals surface area contributed by atoms with E-state index in [0.29, 0.717) is 12.0 Å². The number of rotatable bonds is 6. The zero-order valence-corrected chi connectivity index (χ0v) is 19.9. The second-order valence-electron chi connectivity index (χ2n) is 7.39. The minimum absolute atomic E-state index is 0. The largest absolute Gasteiger partial charge is 0.378 e. The summed E-state index contributed by atoms with van der Waals surface area (Å²) in [5.74, 6) is 1.77. The number of ether oxygens (including phenoxy) is 1. The normalized spacial score (nSPS) is 22.5. The van der Waals surface area contributed by atoms with Gasteiger partial charge in [-0.2, -0.15) is 0 Å². The van der Waals surface area contributed by atoms with E-state index in [1.807, 2.05) is 18.4 Å². The second-order valence-corrected chi connectivity index (χ2v) is 8.42. The summed E-state index contributed by atoms with van der Waals surface area (Å²) in [6, 6.07) is 4.40. The second kappa shape index (κ2) is 12.2. The van der Waals surface area contributed by atoms with Crippen LogP contribution in [0.1, 0.15) is 37.5 Å². The van der Waals surface area contributed by atoms with Gasteiger partial charge in [-0.05, 0) is 56.5 Å². The van der Waals surface area contributed by atoms with Gasteiger partial charge in [-0.25, -0.2) is 0 Å². The van der Waals surface area contributed by atoms with Crippen LogP contribution in [0.5, 0.6) is 0 Å². The lowest BCUT2D eigenvalue weighted by Gasteiger charge is -2.36. The predicted octanol–water partition coefficient (Wildman–Crippen LogP) is 3.65. The fourth-order valence-electron chi connectivity index (χ4n) is 4.12. The van der Waals surface area contributed by atoms with Gasteiger partial charge in [0.05, 0.1) is 6.10 Å². The van der Waals surface area contributed by atoms with Crippen LogP contribution in [-0.4, -0.2) is 68.2 Å². The van der Waals surface area contributed by atoms with Gasteiger partial charge in [-0.3, -0.25) is 9.89 Å². The molecule has 0 spiro atoms. The molecule has 1 N–H and O–H groups in total. The van der Waals surface area contributed by atoms with E-state index in [4.69, 9.17) is 4.74 Å². The lowest BCUT2D eigenvalue weighted by atomic mass is 9.98. The highest BCUT2D eigenvalue weighted by Crippen LogP contribution is 2.20. The van der Waals surface area contributed by atoms with Crippen molar-refractivity contribution in [2.24, 2.45) is 10.9 Å². The number of thiophene rings is 1. The Morgan fingerprint density at radius 3 is 2.78 bits per heavy atom. The van der Waals surface area contributed by atoms with Gasteiger partial charge in [0, 0.05) is 51.3 Å². The number of hydrogen-bond donors (Lipinski definition) is 1. The Hall–Kier alpha value is -0.380. The van der Waals surface area contributed by atoms with E-state index >= 15 is 0 Å². The summed E-state index contributed by atoms with van der Waals surface area (Å²) >= 11 is 1.87. The third-order valence-corrected chi connectivity index (χ3v) is 6.33. The maximum atomic E-state index is 5.76. The number of hydrogen-bond acceptors (Lipinski definition) is 4. The van der Waals surface area contributed by atoms with Crippen LogP contribution in [0.4, 0.5) is 0 Å². The first kappa shape index (κ1) is 22.9. The third kappa shape index (κ3) is 7.18. The van der Waals surface area contributed by atoms with E-state index in [9.17, 15) is 0 Å². The molecule has 0 aromatic carbocycles. The molecule has 0 aliphatic carbocycles. The van der Waals surface area contributed by atoms with Crippen molar-refractivity contribution in [2.75, 3.05) is 46.4 Å². The summed E-state index contributed by atoms with van der Waals surface area (Å²) in [7, 11) is 1.90. The molecule has 0 saturated carbocycles. The molecule has 5 nitrogen and oxygen atoms in total. The van der Waals surface area contributed by atoms with E-state index < -0.39 is 0 Å². The standard InChI is InChI=1S/C20H34N4OS.HI/c1-3-25-18-8-11-24(12-9-18)20(21-2)22-14-17-6-4-10-23(15-17)16-19-7-5-13-26-19;/h5,7,13,17-18H,3-4,6,8-12,14-16H2,1-2H3,(H,21,22);1H. The van der Waals surface area contributed by atoms with Crippen molar-refractivity contribution in [1.29, 1.82) is 0 Å². The summed E-state index contributed by atoms with van der Waals surface area (Å²) in [5.41, 5.74) is 0. The molecule has 27 heavy (non-hydrogen) atoms. The zero-order chi connectivity index (χ0) is 18.2. The van der Waals surface area contributed by atoms with Gasteiger partial charge in [0.25, 0.3) is 0 Å². The van der Waals surface area contributed by atoms with Crippen LogP contribution < -0.4 is 5.32 Å². The van der Waals surface area contributed by atoms with Gasteiger partial charge in [-0.1, -0.05) is 6.07 Å². The van der Waals surface area contributed by atoms with Crippen LogP contribution in [0, 0.1) is 5.92 Å². The van der Waals surface area contributed by atoms with Crippen molar-refractivity contribution in [3.63, 3.8) is 0 Å². The van der Waals surface area contributed by atoms with Crippen molar-refractivity contribution in [3.05, 3.63) is 22.4 Å². The Kier molecular flexibility index (Phi) is 10.4. The number of nitrogens with one attached hydrogen (secondary N) is 1. The predicted molar refractivity (Wildman–Crippen MR) is 125 cm³/mol. The van der Waals surface area contributed by atoms with Crippen molar-refractivity contribution in [3.8, 4) is 0 Å². The Balaban J connectivity index is 0.00000261. The van der Waals surface area contributed by atoms with E-state index in [1.54, 1.807) is 0 Å². The van der Waals surface area contributed by atoms with Gasteiger partial charge in [0.2, 0.25) is 0 Å². The highest BCUT2D eigenvalue weighted by Gasteiger charge is 2.24. The average Bonchev–Trinajstić information content (AvgIpc) is 3.17. The van der Waals surface area contributed by atoms with Crippen LogP contribution in [0.15, 0.2) is 22.5 Å². The smallest absolute Gasteiger partial charge is 0.193 e. The third-order valence-electron chi connectivity index (χ3n) is 5.47. The van der Waals surface area contributed by atoms with Gasteiger partial charge in [0.15, 0.2) is 5.96 Å². The van der Waals surface area contributed by atoms with Crippen molar-refractivity contribution in [2.45, 2.75) is 45.3 Å². The van der Waals surface area contributed by atoms with E-state index in [0.717, 1.165) is 51.6 Å². The Bertz CT molecular complexity index is 546. The van der Waals surface area contributed by atoms with E-state index in [-0.39, 0.29) is 24.0 Å². The molecule has 2 fully saturated rings. The van der Waals surface area contributed by atoms with E-state index in [2.05, 4.69) is 44.5 Å². The topological polar surface area (TPSA) is 40.1 Å². The fourth-order valence-corrected chi connectivity index (χ4v) is 4.87. The molecule has 0 radical (unpaired) electrons. The molecule has 1 atom stereocenters. The maximum absolute atomic E-state index is 5.76. The molecule has 0 amide bonds. The zero-order valence-electron chi connectivity index (χ0n) is 16.7. The van der Waals surface area contributed by atoms with Crippen LogP contribution in [0.25, 0.3) is 0 Å². The van der Waals surface area contributed by atoms with Crippen LogP contribution in [-0.2, 0) is 11.3 Å². The molecule has 1 unspecified atom stereocenters. The fraction of sp³-hybridized carbons (Fsp3) is 0.750. The first-order valence-electron chi connectivity index (χ1n) is 10.1. The highest BCUT2D eigenvalue weighted by atomic mass is 127. The summed E-state index contributed by atoms with van der Waals surface area (Å²) in [6.07, 6.45) is 5.26. The molecule has 3 rings (SSSR count). The number of nitrogens with zero attached hydrogens (tertiary/aromatic N) is 3. The van der Waals surface area contributed by atoms with Crippen LogP contribution in [0.3, 0.4) is 0 Å². The Morgan fingerprint density at radius 2 is 2.11 bits per heavy atom. The minimum Gasteiger partial charge on any atom is -0.378 e. The number of aliphatic imine (C=N–C) groups is 1. The number of halogens is 1. The summed E-state index contributed by atoms with van der Waals surface area (Å²) in [6.45, 7) is 9.54. The lowest BCUT2D eigenvalue weighted by molar-refractivity contribution is 0.0263. The van der Waals surface area contributed by atoms with Crippen molar-refractivity contribution >= 4 is 41.3 Å². The lowest BCUT2D eigenvalue weighted by Crippen LogP contribution is -2.49. The first-order chi connectivity index (χ1) is 12.8. The number of piperidine rings is 2. The molecule has 1 aromatic heterocycles. The van der Waals surface area contributed by atoms with Crippen LogP contribution in [0.2, 0.25) is 0 Å². The van der Waals surface area contributed by atoms with Crippen molar-refractivity contribution < 1.29 is 4.74 Å². The quantitative estimate of drug-likeness (QED) is 0.363. The van der Waals surface area contributed by atoms with Crippen molar-refractivity contribution in [1.82, 2.24) is 15.1 Å². The highest BCUT2D eigenvalue weighted by molar-refractivity contribution is 14.0. The van der Waals surface area contributed by atoms with Crippen LogP contribution >= 0.6 is 35.3 Å². The summed E-state index contributed by atoms with van der Waals surface area (Å²) < 4.78 is 5.76. The summed E-state index contributed by atoms with van der Waals surface area (Å²) in [4.78, 5) is 11.0. The maximum Gasteiger partial charge on any atom is 0.193 e. The molecule has 7 heteroatoms. The van der Waals surface area contributed by atoms with Gasteiger partial charge >= 0.3 is 0 Å². The van der Waals surface area contributed by atoms with E-state index in [1.165, 1.54) is 30.8 Å². The molecule has 1 aromatic rings.